The van der Waals surface area contributed by atoms with Crippen LogP contribution in [0.2, 0.25) is 10.0 Å². The second-order valence-corrected chi connectivity index (χ2v) is 4.06. The third-order valence-electron chi connectivity index (χ3n) is 1.40. The molecule has 3 nitrogen and oxygen atoms in total. The maximum atomic E-state index is 5.80. The predicted octanol–water partition coefficient (Wildman–Crippen LogP) is 3.64. The first-order chi connectivity index (χ1) is 6.74. The largest absolute Gasteiger partial charge is 0.443 e. The van der Waals surface area contributed by atoms with Gasteiger partial charge >= 0.3 is 0 Å². The molecular formula is C8H4Cl2N2OS. The van der Waals surface area contributed by atoms with Crippen molar-refractivity contribution >= 4 is 34.7 Å². The van der Waals surface area contributed by atoms with Gasteiger partial charge in [0.05, 0.1) is 0 Å². The van der Waals surface area contributed by atoms with Crippen LogP contribution in [0.4, 0.5) is 0 Å². The molecule has 0 aliphatic heterocycles. The molecule has 1 aromatic carbocycles. The molecule has 0 spiro atoms. The predicted molar refractivity (Wildman–Crippen MR) is 56.4 cm³/mol. The van der Waals surface area contributed by atoms with Crippen molar-refractivity contribution in [2.75, 3.05) is 0 Å². The number of hydrogen-bond acceptors (Lipinski definition) is 4. The second-order valence-electron chi connectivity index (χ2n) is 2.44. The molecule has 0 atom stereocenters. The Hall–Kier alpha value is -0.840. The fraction of sp³-hybridized carbons (Fsp3) is 0. The molecular weight excluding hydrogens is 243 g/mol. The molecule has 0 saturated heterocycles. The molecule has 72 valence electrons. The van der Waals surface area contributed by atoms with Gasteiger partial charge in [0, 0.05) is 21.6 Å². The van der Waals surface area contributed by atoms with Crippen molar-refractivity contribution in [3.05, 3.63) is 34.4 Å². The van der Waals surface area contributed by atoms with Crippen LogP contribution < -0.4 is 4.74 Å². The quantitative estimate of drug-likeness (QED) is 0.812. The Morgan fingerprint density at radius 1 is 1.14 bits per heavy atom. The third kappa shape index (κ3) is 2.35. The highest BCUT2D eigenvalue weighted by Gasteiger charge is 2.02. The van der Waals surface area contributed by atoms with Crippen molar-refractivity contribution in [1.29, 1.82) is 0 Å². The zero-order valence-electron chi connectivity index (χ0n) is 6.78. The fourth-order valence-electron chi connectivity index (χ4n) is 0.907. The van der Waals surface area contributed by atoms with Crippen LogP contribution in [-0.4, -0.2) is 9.59 Å². The summed E-state index contributed by atoms with van der Waals surface area (Å²) in [5.74, 6) is 0.577. The maximum absolute atomic E-state index is 5.80. The van der Waals surface area contributed by atoms with E-state index in [2.05, 4.69) is 9.59 Å². The van der Waals surface area contributed by atoms with Gasteiger partial charge in [-0.25, -0.2) is 0 Å². The first-order valence-corrected chi connectivity index (χ1v) is 5.18. The minimum atomic E-state index is 0.532. The minimum Gasteiger partial charge on any atom is -0.443 e. The van der Waals surface area contributed by atoms with Gasteiger partial charge in [0.25, 0.3) is 0 Å². The first kappa shape index (κ1) is 9.71. The monoisotopic (exact) mass is 246 g/mol. The average Bonchev–Trinajstić information content (AvgIpc) is 2.54. The number of halogens is 2. The second kappa shape index (κ2) is 4.13. The summed E-state index contributed by atoms with van der Waals surface area (Å²) in [7, 11) is 0. The molecule has 0 fully saturated rings. The fourth-order valence-corrected chi connectivity index (χ4v) is 1.82. The van der Waals surface area contributed by atoms with Crippen LogP contribution in [0, 0.1) is 0 Å². The zero-order valence-corrected chi connectivity index (χ0v) is 9.10. The van der Waals surface area contributed by atoms with E-state index in [1.807, 2.05) is 0 Å². The maximum Gasteiger partial charge on any atom is 0.220 e. The Kier molecular flexibility index (Phi) is 2.86. The van der Waals surface area contributed by atoms with Crippen LogP contribution in [0.3, 0.4) is 0 Å². The summed E-state index contributed by atoms with van der Waals surface area (Å²) < 4.78 is 9.07. The summed E-state index contributed by atoms with van der Waals surface area (Å²) in [6.45, 7) is 0. The van der Waals surface area contributed by atoms with Gasteiger partial charge < -0.3 is 4.74 Å². The average molecular weight is 247 g/mol. The number of ether oxygens (including phenoxy) is 1. The van der Waals surface area contributed by atoms with Gasteiger partial charge in [-0.2, -0.15) is 0 Å². The van der Waals surface area contributed by atoms with Crippen molar-refractivity contribution in [3.8, 4) is 10.8 Å². The molecule has 0 radical (unpaired) electrons. The lowest BCUT2D eigenvalue weighted by Crippen LogP contribution is -1.80. The lowest BCUT2D eigenvalue weighted by Gasteiger charge is -2.02. The number of nitrogens with zero attached hydrogens (tertiary/aromatic N) is 2. The summed E-state index contributed by atoms with van der Waals surface area (Å²) >= 11 is 12.8. The molecule has 2 aromatic rings. The molecule has 14 heavy (non-hydrogen) atoms. The van der Waals surface area contributed by atoms with Crippen molar-refractivity contribution in [1.82, 2.24) is 9.59 Å². The first-order valence-electron chi connectivity index (χ1n) is 3.65. The van der Waals surface area contributed by atoms with Crippen LogP contribution in [0.15, 0.2) is 24.4 Å². The molecule has 0 amide bonds. The Balaban J connectivity index is 2.25. The molecule has 0 aliphatic rings. The van der Waals surface area contributed by atoms with E-state index in [-0.39, 0.29) is 0 Å². The highest BCUT2D eigenvalue weighted by molar-refractivity contribution is 7.07. The molecule has 1 heterocycles. The van der Waals surface area contributed by atoms with Crippen LogP contribution in [0.25, 0.3) is 0 Å². The van der Waals surface area contributed by atoms with E-state index >= 15 is 0 Å². The molecule has 0 saturated carbocycles. The smallest absolute Gasteiger partial charge is 0.220 e. The number of aromatic nitrogens is 2. The van der Waals surface area contributed by atoms with E-state index in [1.165, 1.54) is 6.20 Å². The molecule has 0 aliphatic carbocycles. The topological polar surface area (TPSA) is 35.0 Å². The molecule has 0 bridgehead atoms. The van der Waals surface area contributed by atoms with E-state index in [1.54, 1.807) is 18.2 Å². The van der Waals surface area contributed by atoms with Crippen LogP contribution >= 0.6 is 34.7 Å². The van der Waals surface area contributed by atoms with Crippen LogP contribution in [-0.2, 0) is 0 Å². The van der Waals surface area contributed by atoms with E-state index in [0.717, 1.165) is 11.5 Å². The number of benzene rings is 1. The van der Waals surface area contributed by atoms with Crippen molar-refractivity contribution in [2.24, 2.45) is 0 Å². The van der Waals surface area contributed by atoms with Gasteiger partial charge in [-0.1, -0.05) is 27.7 Å². The van der Waals surface area contributed by atoms with Crippen molar-refractivity contribution in [3.63, 3.8) is 0 Å². The Bertz CT molecular complexity index is 413. The SMILES string of the molecule is Clc1cc(Cl)cc(Oc2cnns2)c1. The highest BCUT2D eigenvalue weighted by Crippen LogP contribution is 2.29. The Morgan fingerprint density at radius 3 is 2.43 bits per heavy atom. The van der Waals surface area contributed by atoms with Crippen LogP contribution in [0.5, 0.6) is 10.8 Å². The van der Waals surface area contributed by atoms with E-state index in [9.17, 15) is 0 Å². The van der Waals surface area contributed by atoms with E-state index in [4.69, 9.17) is 27.9 Å². The van der Waals surface area contributed by atoms with Gasteiger partial charge in [0.2, 0.25) is 5.06 Å². The van der Waals surface area contributed by atoms with Gasteiger partial charge in [-0.05, 0) is 18.2 Å². The van der Waals surface area contributed by atoms with Gasteiger partial charge in [-0.15, -0.1) is 5.10 Å². The Morgan fingerprint density at radius 2 is 1.86 bits per heavy atom. The third-order valence-corrected chi connectivity index (χ3v) is 2.38. The normalized spacial score (nSPS) is 10.1. The standard InChI is InChI=1S/C8H4Cl2N2OS/c9-5-1-6(10)3-7(2-5)13-8-4-11-12-14-8/h1-4H. The lowest BCUT2D eigenvalue weighted by molar-refractivity contribution is 0.495. The van der Waals surface area contributed by atoms with Crippen LogP contribution in [0.1, 0.15) is 0 Å². The molecule has 1 aromatic heterocycles. The van der Waals surface area contributed by atoms with E-state index in [0.29, 0.717) is 20.9 Å². The molecule has 0 N–H and O–H groups in total. The van der Waals surface area contributed by atoms with Gasteiger partial charge in [0.15, 0.2) is 0 Å². The number of hydrogen-bond donors (Lipinski definition) is 0. The summed E-state index contributed by atoms with van der Waals surface area (Å²) in [4.78, 5) is 0. The van der Waals surface area contributed by atoms with Crippen molar-refractivity contribution < 1.29 is 4.74 Å². The van der Waals surface area contributed by atoms with E-state index < -0.39 is 0 Å². The molecule has 0 unspecified atom stereocenters. The number of rotatable bonds is 2. The summed E-state index contributed by atoms with van der Waals surface area (Å²) in [6.07, 6.45) is 1.53. The van der Waals surface area contributed by atoms with Gasteiger partial charge in [0.1, 0.15) is 11.9 Å². The minimum absolute atomic E-state index is 0.532. The molecule has 2 rings (SSSR count). The summed E-state index contributed by atoms with van der Waals surface area (Å²) in [5.41, 5.74) is 0. The summed E-state index contributed by atoms with van der Waals surface area (Å²) in [5, 5.41) is 5.31. The highest BCUT2D eigenvalue weighted by atomic mass is 35.5. The summed E-state index contributed by atoms with van der Waals surface area (Å²) in [6, 6.07) is 4.99. The van der Waals surface area contributed by atoms with Gasteiger partial charge in [-0.3, -0.25) is 0 Å². The lowest BCUT2D eigenvalue weighted by atomic mass is 10.3. The Labute approximate surface area is 94.4 Å². The van der Waals surface area contributed by atoms with Crippen molar-refractivity contribution in [2.45, 2.75) is 0 Å². The zero-order chi connectivity index (χ0) is 9.97. The molecule has 6 heteroatoms.